The standard InChI is InChI=1S/C23H25N5OS2/c1-2-9-19-24-16(14-30-19)15-31-23-25-21-20(18-12-7-4-8-13-27(18)23)22(29)28(26-21)17-10-5-3-6-11-17/h3,5-6,10-11,14H,2,4,7-9,12-13,15H2,1H3. The fourth-order valence-corrected chi connectivity index (χ4v) is 6.03. The van der Waals surface area contributed by atoms with Crippen LogP contribution in [-0.2, 0) is 25.1 Å². The molecule has 5 rings (SSSR count). The second-order valence-electron chi connectivity index (χ2n) is 7.83. The summed E-state index contributed by atoms with van der Waals surface area (Å²) in [5, 5.41) is 8.91. The number of para-hydroxylation sites is 1. The number of aromatic nitrogens is 5. The van der Waals surface area contributed by atoms with Gasteiger partial charge in [0.1, 0.15) is 5.56 Å². The summed E-state index contributed by atoms with van der Waals surface area (Å²) in [7, 11) is 0. The van der Waals surface area contributed by atoms with Crippen LogP contribution < -0.4 is 5.56 Å². The first-order valence-corrected chi connectivity index (χ1v) is 12.7. The third-order valence-electron chi connectivity index (χ3n) is 5.58. The van der Waals surface area contributed by atoms with Gasteiger partial charge in [0.15, 0.2) is 11.0 Å². The first kappa shape index (κ1) is 20.5. The average molecular weight is 452 g/mol. The van der Waals surface area contributed by atoms with Crippen molar-refractivity contribution in [3.8, 4) is 17.1 Å². The number of hydrogen-bond donors (Lipinski definition) is 0. The summed E-state index contributed by atoms with van der Waals surface area (Å²) in [6.07, 6.45) is 6.40. The highest BCUT2D eigenvalue weighted by Gasteiger charge is 2.27. The summed E-state index contributed by atoms with van der Waals surface area (Å²) in [6.45, 7) is 3.08. The van der Waals surface area contributed by atoms with Crippen molar-refractivity contribution in [2.45, 2.75) is 62.9 Å². The lowest BCUT2D eigenvalue weighted by Crippen LogP contribution is -2.19. The maximum Gasteiger partial charge on any atom is 0.284 e. The lowest BCUT2D eigenvalue weighted by molar-refractivity contribution is 0.571. The normalized spacial score (nSPS) is 14.0. The quantitative estimate of drug-likeness (QED) is 0.306. The van der Waals surface area contributed by atoms with E-state index in [0.29, 0.717) is 11.4 Å². The number of thioether (sulfide) groups is 1. The fraction of sp³-hybridized carbons (Fsp3) is 0.391. The van der Waals surface area contributed by atoms with Crippen LogP contribution in [0.3, 0.4) is 0 Å². The van der Waals surface area contributed by atoms with Crippen molar-refractivity contribution in [2.75, 3.05) is 0 Å². The highest BCUT2D eigenvalue weighted by Crippen LogP contribution is 2.32. The van der Waals surface area contributed by atoms with Crippen LogP contribution in [0.4, 0.5) is 0 Å². The molecule has 31 heavy (non-hydrogen) atoms. The minimum atomic E-state index is -0.0698. The zero-order valence-corrected chi connectivity index (χ0v) is 19.2. The third-order valence-corrected chi connectivity index (χ3v) is 7.55. The van der Waals surface area contributed by atoms with E-state index in [0.717, 1.165) is 66.6 Å². The van der Waals surface area contributed by atoms with Crippen molar-refractivity contribution < 1.29 is 0 Å². The molecule has 2 aromatic rings. The number of rotatable bonds is 6. The van der Waals surface area contributed by atoms with E-state index < -0.39 is 0 Å². The summed E-state index contributed by atoms with van der Waals surface area (Å²) < 4.78 is 3.76. The summed E-state index contributed by atoms with van der Waals surface area (Å²) in [5.74, 6) is 1.33. The smallest absolute Gasteiger partial charge is 0.284 e. The van der Waals surface area contributed by atoms with Gasteiger partial charge < -0.3 is 4.57 Å². The molecule has 0 amide bonds. The van der Waals surface area contributed by atoms with Crippen LogP contribution in [0, 0.1) is 0 Å². The van der Waals surface area contributed by atoms with E-state index in [-0.39, 0.29) is 5.56 Å². The van der Waals surface area contributed by atoms with Crippen LogP contribution in [-0.4, -0.2) is 24.3 Å². The molecule has 0 N–H and O–H groups in total. The minimum absolute atomic E-state index is 0.0698. The van der Waals surface area contributed by atoms with E-state index in [1.54, 1.807) is 23.1 Å². The Bertz CT molecular complexity index is 1210. The van der Waals surface area contributed by atoms with E-state index in [2.05, 4.69) is 22.0 Å². The zero-order chi connectivity index (χ0) is 21.2. The molecule has 0 bridgehead atoms. The van der Waals surface area contributed by atoms with Gasteiger partial charge in [0.05, 0.1) is 16.4 Å². The molecule has 0 saturated heterocycles. The van der Waals surface area contributed by atoms with E-state index in [1.165, 1.54) is 16.1 Å². The molecule has 3 aliphatic rings. The van der Waals surface area contributed by atoms with Crippen molar-refractivity contribution in [1.29, 1.82) is 0 Å². The second-order valence-corrected chi connectivity index (χ2v) is 9.71. The van der Waals surface area contributed by atoms with Crippen molar-refractivity contribution in [3.05, 3.63) is 62.5 Å². The lowest BCUT2D eigenvalue weighted by Gasteiger charge is -2.17. The maximum atomic E-state index is 13.3. The lowest BCUT2D eigenvalue weighted by atomic mass is 10.1. The molecule has 6 nitrogen and oxygen atoms in total. The Labute approximate surface area is 189 Å². The Morgan fingerprint density at radius 1 is 1.13 bits per heavy atom. The summed E-state index contributed by atoms with van der Waals surface area (Å²) in [4.78, 5) is 22.9. The first-order valence-electron chi connectivity index (χ1n) is 10.9. The molecule has 0 atom stereocenters. The highest BCUT2D eigenvalue weighted by atomic mass is 32.2. The van der Waals surface area contributed by atoms with Crippen LogP contribution in [0.5, 0.6) is 0 Å². The van der Waals surface area contributed by atoms with E-state index in [1.807, 2.05) is 30.3 Å². The Balaban J connectivity index is 1.55. The molecule has 8 heteroatoms. The Morgan fingerprint density at radius 3 is 2.84 bits per heavy atom. The minimum Gasteiger partial charge on any atom is -0.324 e. The average Bonchev–Trinajstić information content (AvgIpc) is 3.28. The van der Waals surface area contributed by atoms with Crippen LogP contribution in [0.1, 0.15) is 49.0 Å². The van der Waals surface area contributed by atoms with Gasteiger partial charge >= 0.3 is 0 Å². The van der Waals surface area contributed by atoms with E-state index >= 15 is 0 Å². The molecular formula is C23H25N5OS2. The van der Waals surface area contributed by atoms with Gasteiger partial charge in [-0.3, -0.25) is 4.79 Å². The van der Waals surface area contributed by atoms with Crippen LogP contribution >= 0.6 is 23.1 Å². The van der Waals surface area contributed by atoms with E-state index in [9.17, 15) is 4.79 Å². The van der Waals surface area contributed by atoms with Gasteiger partial charge in [0, 0.05) is 23.4 Å². The van der Waals surface area contributed by atoms with Crippen molar-refractivity contribution in [1.82, 2.24) is 24.3 Å². The number of nitrogens with zero attached hydrogens (tertiary/aromatic N) is 5. The molecule has 1 aromatic carbocycles. The van der Waals surface area contributed by atoms with Gasteiger partial charge in [-0.15, -0.1) is 16.4 Å². The molecule has 4 heterocycles. The summed E-state index contributed by atoms with van der Waals surface area (Å²) >= 11 is 3.44. The predicted octanol–water partition coefficient (Wildman–Crippen LogP) is 4.96. The number of benzene rings is 1. The van der Waals surface area contributed by atoms with E-state index in [4.69, 9.17) is 9.97 Å². The van der Waals surface area contributed by atoms with Crippen LogP contribution in [0.25, 0.3) is 17.1 Å². The van der Waals surface area contributed by atoms with Gasteiger partial charge in [0.25, 0.3) is 5.56 Å². The molecule has 0 aliphatic carbocycles. The first-order chi connectivity index (χ1) is 15.2. The zero-order valence-electron chi connectivity index (χ0n) is 17.6. The summed E-state index contributed by atoms with van der Waals surface area (Å²) in [6, 6.07) is 9.60. The number of hydrogen-bond acceptors (Lipinski definition) is 6. The Kier molecular flexibility index (Phi) is 5.91. The number of thiazole rings is 1. The van der Waals surface area contributed by atoms with Crippen LogP contribution in [0.15, 0.2) is 45.7 Å². The second kappa shape index (κ2) is 8.96. The molecule has 0 spiro atoms. The van der Waals surface area contributed by atoms with Crippen molar-refractivity contribution in [2.24, 2.45) is 0 Å². The fourth-order valence-electron chi connectivity index (χ4n) is 4.09. The van der Waals surface area contributed by atoms with Crippen LogP contribution in [0.2, 0.25) is 0 Å². The number of aryl methyl sites for hydroxylation is 1. The molecule has 0 radical (unpaired) electrons. The topological polar surface area (TPSA) is 65.6 Å². The van der Waals surface area contributed by atoms with Gasteiger partial charge in [-0.05, 0) is 44.2 Å². The predicted molar refractivity (Wildman–Crippen MR) is 125 cm³/mol. The molecule has 160 valence electrons. The largest absolute Gasteiger partial charge is 0.324 e. The van der Waals surface area contributed by atoms with Crippen molar-refractivity contribution in [3.63, 3.8) is 0 Å². The van der Waals surface area contributed by atoms with Gasteiger partial charge in [-0.2, -0.15) is 4.68 Å². The summed E-state index contributed by atoms with van der Waals surface area (Å²) in [5.41, 5.74) is 3.57. The molecule has 3 aliphatic heterocycles. The van der Waals surface area contributed by atoms with Gasteiger partial charge in [-0.25, -0.2) is 9.97 Å². The molecule has 0 fully saturated rings. The van der Waals surface area contributed by atoms with Gasteiger partial charge in [-0.1, -0.05) is 43.3 Å². The highest BCUT2D eigenvalue weighted by molar-refractivity contribution is 7.98. The molecule has 0 saturated carbocycles. The van der Waals surface area contributed by atoms with Crippen molar-refractivity contribution >= 4 is 23.1 Å². The number of fused-ring (bicyclic) bond motifs is 3. The molecule has 0 unspecified atom stereocenters. The Hall–Kier alpha value is -2.45. The van der Waals surface area contributed by atoms with Gasteiger partial charge in [0.2, 0.25) is 0 Å². The monoisotopic (exact) mass is 451 g/mol. The Morgan fingerprint density at radius 2 is 2.00 bits per heavy atom. The SMILES string of the molecule is CCCc1nc(CSc2nc3nn(-c4ccccc4)c(=O)c-3c3n2CCCCC3)cs1. The third kappa shape index (κ3) is 4.06. The molecular weight excluding hydrogens is 426 g/mol. The molecule has 1 aromatic heterocycles. The maximum absolute atomic E-state index is 13.3.